The Bertz CT molecular complexity index is 577. The zero-order chi connectivity index (χ0) is 16.9. The molecule has 1 aliphatic heterocycles. The molecule has 0 N–H and O–H groups in total. The molecule has 1 heterocycles. The molecule has 0 bridgehead atoms. The Morgan fingerprint density at radius 2 is 1.83 bits per heavy atom. The monoisotopic (exact) mass is 341 g/mol. The van der Waals surface area contributed by atoms with Crippen molar-refractivity contribution in [2.45, 2.75) is 44.1 Å². The molecule has 1 fully saturated rings. The smallest absolute Gasteiger partial charge is 0.242 e. The van der Waals surface area contributed by atoms with E-state index in [-0.39, 0.29) is 6.10 Å². The van der Waals surface area contributed by atoms with Gasteiger partial charge in [0.2, 0.25) is 10.0 Å². The summed E-state index contributed by atoms with van der Waals surface area (Å²) >= 11 is 0. The Balaban J connectivity index is 1.96. The largest absolute Gasteiger partial charge is 0.491 e. The summed E-state index contributed by atoms with van der Waals surface area (Å²) in [5, 5.41) is 0. The summed E-state index contributed by atoms with van der Waals surface area (Å²) in [7, 11) is -1.79. The van der Waals surface area contributed by atoms with Crippen LogP contribution < -0.4 is 4.74 Å². The molecule has 5 nitrogen and oxygen atoms in total. The van der Waals surface area contributed by atoms with Gasteiger partial charge in [-0.3, -0.25) is 0 Å². The number of ether oxygens (including phenoxy) is 2. The highest BCUT2D eigenvalue weighted by Gasteiger charge is 2.22. The van der Waals surface area contributed by atoms with Crippen LogP contribution in [0.15, 0.2) is 29.2 Å². The van der Waals surface area contributed by atoms with Crippen molar-refractivity contribution in [1.29, 1.82) is 0 Å². The number of hydrogen-bond donors (Lipinski definition) is 0. The summed E-state index contributed by atoms with van der Waals surface area (Å²) < 4.78 is 37.5. The molecular formula is C17H27NO4S. The van der Waals surface area contributed by atoms with Crippen LogP contribution in [0.4, 0.5) is 0 Å². The highest BCUT2D eigenvalue weighted by molar-refractivity contribution is 7.89. The molecule has 1 saturated heterocycles. The van der Waals surface area contributed by atoms with Gasteiger partial charge in [-0.25, -0.2) is 12.7 Å². The van der Waals surface area contributed by atoms with E-state index >= 15 is 0 Å². The van der Waals surface area contributed by atoms with Crippen molar-refractivity contribution in [3.63, 3.8) is 0 Å². The van der Waals surface area contributed by atoms with Crippen molar-refractivity contribution in [3.8, 4) is 5.75 Å². The van der Waals surface area contributed by atoms with Gasteiger partial charge in [-0.15, -0.1) is 0 Å². The molecule has 23 heavy (non-hydrogen) atoms. The van der Waals surface area contributed by atoms with Gasteiger partial charge in [0, 0.05) is 26.8 Å². The molecule has 0 spiro atoms. The molecule has 6 heteroatoms. The summed E-state index contributed by atoms with van der Waals surface area (Å²) in [6.07, 6.45) is 3.00. The van der Waals surface area contributed by atoms with Crippen LogP contribution in [0.2, 0.25) is 0 Å². The van der Waals surface area contributed by atoms with E-state index in [1.165, 1.54) is 4.31 Å². The van der Waals surface area contributed by atoms with Gasteiger partial charge in [-0.05, 0) is 63.3 Å². The lowest BCUT2D eigenvalue weighted by molar-refractivity contribution is 0.0628. The normalized spacial score (nSPS) is 16.9. The minimum atomic E-state index is -3.44. The lowest BCUT2D eigenvalue weighted by Crippen LogP contribution is -2.30. The average molecular weight is 341 g/mol. The third-order valence-corrected chi connectivity index (χ3v) is 5.97. The molecule has 2 rings (SSSR count). The number of rotatable bonds is 7. The Labute approximate surface area is 139 Å². The van der Waals surface area contributed by atoms with Crippen LogP contribution in [0.5, 0.6) is 5.75 Å². The van der Waals surface area contributed by atoms with Crippen LogP contribution in [0.1, 0.15) is 33.1 Å². The van der Waals surface area contributed by atoms with Gasteiger partial charge in [0.15, 0.2) is 0 Å². The fraction of sp³-hybridized carbons (Fsp3) is 0.647. The first-order valence-corrected chi connectivity index (χ1v) is 9.64. The molecule has 0 unspecified atom stereocenters. The number of benzene rings is 1. The summed E-state index contributed by atoms with van der Waals surface area (Å²) in [5.74, 6) is 1.24. The van der Waals surface area contributed by atoms with Crippen molar-refractivity contribution in [2.24, 2.45) is 5.92 Å². The van der Waals surface area contributed by atoms with E-state index < -0.39 is 10.0 Å². The maximum atomic E-state index is 12.6. The van der Waals surface area contributed by atoms with Gasteiger partial charge in [-0.1, -0.05) is 0 Å². The zero-order valence-corrected chi connectivity index (χ0v) is 15.0. The third kappa shape index (κ3) is 5.19. The highest BCUT2D eigenvalue weighted by atomic mass is 32.2. The zero-order valence-electron chi connectivity index (χ0n) is 14.2. The fourth-order valence-electron chi connectivity index (χ4n) is 2.66. The van der Waals surface area contributed by atoms with Gasteiger partial charge in [0.25, 0.3) is 0 Å². The van der Waals surface area contributed by atoms with Crippen LogP contribution in [0.25, 0.3) is 0 Å². The van der Waals surface area contributed by atoms with Gasteiger partial charge in [-0.2, -0.15) is 0 Å². The predicted molar refractivity (Wildman–Crippen MR) is 90.2 cm³/mol. The first-order chi connectivity index (χ1) is 10.9. The van der Waals surface area contributed by atoms with Crippen LogP contribution in [-0.2, 0) is 14.8 Å². The van der Waals surface area contributed by atoms with Gasteiger partial charge in [0.05, 0.1) is 11.0 Å². The van der Waals surface area contributed by atoms with E-state index in [2.05, 4.69) is 0 Å². The van der Waals surface area contributed by atoms with E-state index in [1.807, 2.05) is 13.8 Å². The molecule has 0 aromatic heterocycles. The average Bonchev–Trinajstić information content (AvgIpc) is 2.53. The number of sulfonamides is 1. The molecule has 0 amide bonds. The van der Waals surface area contributed by atoms with Gasteiger partial charge >= 0.3 is 0 Å². The second kappa shape index (κ2) is 8.13. The Morgan fingerprint density at radius 1 is 1.22 bits per heavy atom. The molecule has 0 radical (unpaired) electrons. The van der Waals surface area contributed by atoms with E-state index in [1.54, 1.807) is 31.3 Å². The van der Waals surface area contributed by atoms with Crippen LogP contribution in [0.3, 0.4) is 0 Å². The van der Waals surface area contributed by atoms with E-state index in [4.69, 9.17) is 9.47 Å². The van der Waals surface area contributed by atoms with Crippen molar-refractivity contribution in [1.82, 2.24) is 4.31 Å². The van der Waals surface area contributed by atoms with Crippen molar-refractivity contribution in [3.05, 3.63) is 24.3 Å². The SMILES string of the molecule is CC(C)Oc1ccc(S(=O)(=O)N(C)CCC2CCOCC2)cc1. The molecule has 0 saturated carbocycles. The van der Waals surface area contributed by atoms with Gasteiger partial charge in [0.1, 0.15) is 5.75 Å². The maximum Gasteiger partial charge on any atom is 0.242 e. The van der Waals surface area contributed by atoms with E-state index in [0.717, 1.165) is 32.5 Å². The molecule has 0 atom stereocenters. The minimum Gasteiger partial charge on any atom is -0.491 e. The second-order valence-electron chi connectivity index (χ2n) is 6.31. The molecule has 130 valence electrons. The summed E-state index contributed by atoms with van der Waals surface area (Å²) in [6.45, 7) is 6.00. The quantitative estimate of drug-likeness (QED) is 0.765. The van der Waals surface area contributed by atoms with Gasteiger partial charge < -0.3 is 9.47 Å². The third-order valence-electron chi connectivity index (χ3n) is 4.10. The standard InChI is InChI=1S/C17H27NO4S/c1-14(2)22-16-4-6-17(7-5-16)23(19,20)18(3)11-8-15-9-12-21-13-10-15/h4-7,14-15H,8-13H2,1-3H3. The Hall–Kier alpha value is -1.11. The Morgan fingerprint density at radius 3 is 2.39 bits per heavy atom. The number of hydrogen-bond acceptors (Lipinski definition) is 4. The molecular weight excluding hydrogens is 314 g/mol. The first-order valence-electron chi connectivity index (χ1n) is 8.20. The lowest BCUT2D eigenvalue weighted by Gasteiger charge is -2.24. The van der Waals surface area contributed by atoms with Crippen molar-refractivity contribution >= 4 is 10.0 Å². The Kier molecular flexibility index (Phi) is 6.44. The lowest BCUT2D eigenvalue weighted by atomic mass is 9.97. The van der Waals surface area contributed by atoms with E-state index in [9.17, 15) is 8.42 Å². The van der Waals surface area contributed by atoms with Crippen molar-refractivity contribution < 1.29 is 17.9 Å². The van der Waals surface area contributed by atoms with Crippen molar-refractivity contribution in [2.75, 3.05) is 26.8 Å². The topological polar surface area (TPSA) is 55.8 Å². The summed E-state index contributed by atoms with van der Waals surface area (Å²) in [5.41, 5.74) is 0. The molecule has 1 aromatic rings. The van der Waals surface area contributed by atoms with Crippen LogP contribution in [0, 0.1) is 5.92 Å². The molecule has 1 aromatic carbocycles. The summed E-state index contributed by atoms with van der Waals surface area (Å²) in [6, 6.07) is 6.63. The fourth-order valence-corrected chi connectivity index (χ4v) is 3.85. The van der Waals surface area contributed by atoms with E-state index in [0.29, 0.717) is 23.1 Å². The minimum absolute atomic E-state index is 0.0691. The predicted octanol–water partition coefficient (Wildman–Crippen LogP) is 2.91. The second-order valence-corrected chi connectivity index (χ2v) is 8.35. The highest BCUT2D eigenvalue weighted by Crippen LogP contribution is 2.22. The van der Waals surface area contributed by atoms with Crippen LogP contribution in [-0.4, -0.2) is 45.6 Å². The number of nitrogens with zero attached hydrogens (tertiary/aromatic N) is 1. The maximum absolute atomic E-state index is 12.6. The first kappa shape index (κ1) is 18.2. The summed E-state index contributed by atoms with van der Waals surface area (Å²) in [4.78, 5) is 0.308. The molecule has 0 aliphatic carbocycles. The molecule has 1 aliphatic rings. The van der Waals surface area contributed by atoms with Crippen LogP contribution >= 0.6 is 0 Å².